The number of amides is 1. The molecule has 0 fully saturated rings. The number of nitrogens with one attached hydrogen (secondary N) is 1. The Morgan fingerprint density at radius 1 is 1.13 bits per heavy atom. The third-order valence-corrected chi connectivity index (χ3v) is 3.85. The molecule has 0 aromatic heterocycles. The van der Waals surface area contributed by atoms with Crippen LogP contribution in [0.5, 0.6) is 11.5 Å². The SMILES string of the molecule is CCOc1c(Br)cc(C(=O)Nc2cc(C)cc(C)c2)cc1OC. The minimum atomic E-state index is -0.197. The van der Waals surface area contributed by atoms with Gasteiger partial charge in [-0.3, -0.25) is 4.79 Å². The summed E-state index contributed by atoms with van der Waals surface area (Å²) in [6.07, 6.45) is 0. The van der Waals surface area contributed by atoms with Gasteiger partial charge in [-0.15, -0.1) is 0 Å². The van der Waals surface area contributed by atoms with Gasteiger partial charge >= 0.3 is 0 Å². The Morgan fingerprint density at radius 2 is 1.78 bits per heavy atom. The largest absolute Gasteiger partial charge is 0.493 e. The number of benzene rings is 2. The molecular weight excluding hydrogens is 358 g/mol. The molecule has 0 unspecified atom stereocenters. The summed E-state index contributed by atoms with van der Waals surface area (Å²) in [6.45, 7) is 6.41. The van der Waals surface area contributed by atoms with E-state index >= 15 is 0 Å². The van der Waals surface area contributed by atoms with Gasteiger partial charge in [-0.1, -0.05) is 6.07 Å². The van der Waals surface area contributed by atoms with E-state index in [1.165, 1.54) is 0 Å². The second kappa shape index (κ2) is 7.51. The first-order valence-electron chi connectivity index (χ1n) is 7.34. The number of aryl methyl sites for hydroxylation is 2. The number of rotatable bonds is 5. The number of carbonyl (C=O) groups excluding carboxylic acids is 1. The number of ether oxygens (including phenoxy) is 2. The van der Waals surface area contributed by atoms with Gasteiger partial charge in [-0.05, 0) is 72.1 Å². The van der Waals surface area contributed by atoms with Crippen LogP contribution in [0.25, 0.3) is 0 Å². The van der Waals surface area contributed by atoms with Crippen LogP contribution in [-0.2, 0) is 0 Å². The lowest BCUT2D eigenvalue weighted by molar-refractivity contribution is 0.102. The van der Waals surface area contributed by atoms with E-state index in [0.717, 1.165) is 16.8 Å². The second-order valence-corrected chi connectivity index (χ2v) is 6.11. The minimum absolute atomic E-state index is 0.197. The number of halogens is 1. The molecule has 0 atom stereocenters. The number of hydrogen-bond acceptors (Lipinski definition) is 3. The third kappa shape index (κ3) is 4.26. The van der Waals surface area contributed by atoms with Gasteiger partial charge in [0.05, 0.1) is 18.2 Å². The van der Waals surface area contributed by atoms with Crippen LogP contribution in [0.3, 0.4) is 0 Å². The maximum Gasteiger partial charge on any atom is 0.255 e. The molecule has 2 aromatic carbocycles. The van der Waals surface area contributed by atoms with Crippen molar-refractivity contribution in [3.8, 4) is 11.5 Å². The lowest BCUT2D eigenvalue weighted by atomic mass is 10.1. The van der Waals surface area contributed by atoms with Crippen molar-refractivity contribution < 1.29 is 14.3 Å². The Morgan fingerprint density at radius 3 is 2.35 bits per heavy atom. The topological polar surface area (TPSA) is 47.6 Å². The molecule has 122 valence electrons. The van der Waals surface area contributed by atoms with Crippen LogP contribution in [0.15, 0.2) is 34.8 Å². The lowest BCUT2D eigenvalue weighted by Gasteiger charge is -2.13. The van der Waals surface area contributed by atoms with Crippen LogP contribution in [0.2, 0.25) is 0 Å². The summed E-state index contributed by atoms with van der Waals surface area (Å²) >= 11 is 3.43. The van der Waals surface area contributed by atoms with E-state index in [0.29, 0.717) is 28.1 Å². The van der Waals surface area contributed by atoms with Gasteiger partial charge in [0.25, 0.3) is 5.91 Å². The minimum Gasteiger partial charge on any atom is -0.493 e. The number of anilines is 1. The maximum atomic E-state index is 12.5. The lowest BCUT2D eigenvalue weighted by Crippen LogP contribution is -2.12. The van der Waals surface area contributed by atoms with Crippen molar-refractivity contribution in [2.75, 3.05) is 19.0 Å². The first-order chi connectivity index (χ1) is 10.9. The zero-order valence-corrected chi connectivity index (χ0v) is 15.3. The summed E-state index contributed by atoms with van der Waals surface area (Å²) in [5.74, 6) is 0.918. The Bertz CT molecular complexity index is 708. The Balaban J connectivity index is 2.30. The van der Waals surface area contributed by atoms with E-state index in [2.05, 4.69) is 27.3 Å². The number of carbonyl (C=O) groups is 1. The summed E-state index contributed by atoms with van der Waals surface area (Å²) in [6, 6.07) is 9.34. The first-order valence-corrected chi connectivity index (χ1v) is 8.14. The van der Waals surface area contributed by atoms with Gasteiger partial charge in [-0.2, -0.15) is 0 Å². The molecule has 0 bridgehead atoms. The summed E-state index contributed by atoms with van der Waals surface area (Å²) in [5, 5.41) is 2.91. The molecule has 0 saturated carbocycles. The summed E-state index contributed by atoms with van der Waals surface area (Å²) in [4.78, 5) is 12.5. The van der Waals surface area contributed by atoms with Crippen molar-refractivity contribution in [3.05, 3.63) is 51.5 Å². The molecule has 1 N–H and O–H groups in total. The van der Waals surface area contributed by atoms with Gasteiger partial charge in [0.15, 0.2) is 11.5 Å². The van der Waals surface area contributed by atoms with Crippen LogP contribution in [0.1, 0.15) is 28.4 Å². The van der Waals surface area contributed by atoms with E-state index in [9.17, 15) is 4.79 Å². The fourth-order valence-electron chi connectivity index (χ4n) is 2.39. The zero-order chi connectivity index (χ0) is 17.0. The standard InChI is InChI=1S/C18H20BrNO3/c1-5-23-17-15(19)9-13(10-16(17)22-4)18(21)20-14-7-11(2)6-12(3)8-14/h6-10H,5H2,1-4H3,(H,20,21). The first kappa shape index (κ1) is 17.3. The molecular formula is C18H20BrNO3. The second-order valence-electron chi connectivity index (χ2n) is 5.25. The van der Waals surface area contributed by atoms with Crippen molar-refractivity contribution in [1.29, 1.82) is 0 Å². The summed E-state index contributed by atoms with van der Waals surface area (Å²) in [5.41, 5.74) is 3.48. The van der Waals surface area contributed by atoms with E-state index < -0.39 is 0 Å². The molecule has 0 aliphatic heterocycles. The predicted octanol–water partition coefficient (Wildman–Crippen LogP) is 4.73. The highest BCUT2D eigenvalue weighted by atomic mass is 79.9. The van der Waals surface area contributed by atoms with Crippen molar-refractivity contribution in [1.82, 2.24) is 0 Å². The fraction of sp³-hybridized carbons (Fsp3) is 0.278. The average Bonchev–Trinajstić information content (AvgIpc) is 2.48. The molecule has 23 heavy (non-hydrogen) atoms. The van der Waals surface area contributed by atoms with Crippen LogP contribution in [0, 0.1) is 13.8 Å². The molecule has 0 aliphatic rings. The summed E-state index contributed by atoms with van der Waals surface area (Å²) < 4.78 is 11.5. The van der Waals surface area contributed by atoms with Crippen molar-refractivity contribution in [3.63, 3.8) is 0 Å². The monoisotopic (exact) mass is 377 g/mol. The van der Waals surface area contributed by atoms with E-state index in [1.807, 2.05) is 32.9 Å². The van der Waals surface area contributed by atoms with E-state index in [4.69, 9.17) is 9.47 Å². The molecule has 0 heterocycles. The Hall–Kier alpha value is -2.01. The van der Waals surface area contributed by atoms with Gasteiger partial charge in [0, 0.05) is 11.3 Å². The molecule has 0 aliphatic carbocycles. The molecule has 0 radical (unpaired) electrons. The smallest absolute Gasteiger partial charge is 0.255 e. The Labute approximate surface area is 144 Å². The molecule has 2 aromatic rings. The maximum absolute atomic E-state index is 12.5. The van der Waals surface area contributed by atoms with E-state index in [1.54, 1.807) is 19.2 Å². The molecule has 1 amide bonds. The fourth-order valence-corrected chi connectivity index (χ4v) is 2.94. The normalized spacial score (nSPS) is 10.3. The van der Waals surface area contributed by atoms with Crippen molar-refractivity contribution >= 4 is 27.5 Å². The van der Waals surface area contributed by atoms with Crippen LogP contribution in [0.4, 0.5) is 5.69 Å². The van der Waals surface area contributed by atoms with Gasteiger partial charge in [-0.25, -0.2) is 0 Å². The molecule has 2 rings (SSSR count). The van der Waals surface area contributed by atoms with Gasteiger partial charge in [0.2, 0.25) is 0 Å². The van der Waals surface area contributed by atoms with Crippen LogP contribution < -0.4 is 14.8 Å². The van der Waals surface area contributed by atoms with Crippen LogP contribution >= 0.6 is 15.9 Å². The third-order valence-electron chi connectivity index (χ3n) is 3.26. The van der Waals surface area contributed by atoms with Gasteiger partial charge < -0.3 is 14.8 Å². The van der Waals surface area contributed by atoms with Crippen LogP contribution in [-0.4, -0.2) is 19.6 Å². The predicted molar refractivity (Wildman–Crippen MR) is 95.7 cm³/mol. The quantitative estimate of drug-likeness (QED) is 0.819. The average molecular weight is 378 g/mol. The molecule has 5 heteroatoms. The molecule has 0 saturated heterocycles. The highest BCUT2D eigenvalue weighted by molar-refractivity contribution is 9.10. The Kier molecular flexibility index (Phi) is 5.66. The van der Waals surface area contributed by atoms with E-state index in [-0.39, 0.29) is 5.91 Å². The molecule has 0 spiro atoms. The summed E-state index contributed by atoms with van der Waals surface area (Å²) in [7, 11) is 1.55. The highest BCUT2D eigenvalue weighted by Gasteiger charge is 2.15. The zero-order valence-electron chi connectivity index (χ0n) is 13.7. The van der Waals surface area contributed by atoms with Crippen molar-refractivity contribution in [2.45, 2.75) is 20.8 Å². The molecule has 4 nitrogen and oxygen atoms in total. The number of methoxy groups -OCH3 is 1. The van der Waals surface area contributed by atoms with Crippen molar-refractivity contribution in [2.24, 2.45) is 0 Å². The highest BCUT2D eigenvalue weighted by Crippen LogP contribution is 2.36. The number of hydrogen-bond donors (Lipinski definition) is 1. The van der Waals surface area contributed by atoms with Gasteiger partial charge in [0.1, 0.15) is 0 Å².